The van der Waals surface area contributed by atoms with Crippen LogP contribution in [0.2, 0.25) is 0 Å². The summed E-state index contributed by atoms with van der Waals surface area (Å²) < 4.78 is 10.9. The highest BCUT2D eigenvalue weighted by molar-refractivity contribution is 4.99. The van der Waals surface area contributed by atoms with Gasteiger partial charge >= 0.3 is 0 Å². The number of hydrogen-bond donors (Lipinski definition) is 0. The maximum Gasteiger partial charge on any atom is 0.0709 e. The fourth-order valence-electron chi connectivity index (χ4n) is 1.67. The molecule has 0 bridgehead atoms. The smallest absolute Gasteiger partial charge is 0.0709 e. The van der Waals surface area contributed by atoms with Crippen LogP contribution in [-0.2, 0) is 9.47 Å². The first-order chi connectivity index (χ1) is 4.85. The predicted molar refractivity (Wildman–Crippen MR) is 37.9 cm³/mol. The molecule has 1 atom stereocenters. The Morgan fingerprint density at radius 1 is 1.50 bits per heavy atom. The van der Waals surface area contributed by atoms with Crippen LogP contribution in [0.1, 0.15) is 25.7 Å². The SMILES string of the molecule is COC1CCOC2(CC2)C1. The molecule has 58 valence electrons. The van der Waals surface area contributed by atoms with Gasteiger partial charge in [-0.15, -0.1) is 0 Å². The van der Waals surface area contributed by atoms with Crippen LogP contribution in [0.4, 0.5) is 0 Å². The minimum Gasteiger partial charge on any atom is -0.381 e. The molecule has 1 spiro atoms. The molecule has 0 N–H and O–H groups in total. The highest BCUT2D eigenvalue weighted by Crippen LogP contribution is 2.46. The van der Waals surface area contributed by atoms with Crippen molar-refractivity contribution in [2.75, 3.05) is 13.7 Å². The molecule has 2 fully saturated rings. The average molecular weight is 142 g/mol. The fraction of sp³-hybridized carbons (Fsp3) is 1.00. The average Bonchev–Trinajstić information content (AvgIpc) is 2.70. The van der Waals surface area contributed by atoms with Crippen molar-refractivity contribution < 1.29 is 9.47 Å². The van der Waals surface area contributed by atoms with Crippen molar-refractivity contribution in [2.45, 2.75) is 37.4 Å². The second kappa shape index (κ2) is 2.21. The van der Waals surface area contributed by atoms with E-state index in [1.807, 2.05) is 0 Å². The summed E-state index contributed by atoms with van der Waals surface area (Å²) in [7, 11) is 1.80. The first kappa shape index (κ1) is 6.62. The monoisotopic (exact) mass is 142 g/mol. The lowest BCUT2D eigenvalue weighted by atomic mass is 10.0. The zero-order chi connectivity index (χ0) is 7.03. The van der Waals surface area contributed by atoms with Crippen molar-refractivity contribution in [3.05, 3.63) is 0 Å². The lowest BCUT2D eigenvalue weighted by Gasteiger charge is -2.28. The lowest BCUT2D eigenvalue weighted by molar-refractivity contribution is -0.0725. The maximum absolute atomic E-state index is 5.63. The minimum absolute atomic E-state index is 0.277. The van der Waals surface area contributed by atoms with Crippen LogP contribution in [0.15, 0.2) is 0 Å². The van der Waals surface area contributed by atoms with Gasteiger partial charge in [-0.1, -0.05) is 0 Å². The number of rotatable bonds is 1. The van der Waals surface area contributed by atoms with Crippen LogP contribution in [-0.4, -0.2) is 25.4 Å². The van der Waals surface area contributed by atoms with Crippen LogP contribution in [0.5, 0.6) is 0 Å². The van der Waals surface area contributed by atoms with E-state index in [0.717, 1.165) is 19.4 Å². The van der Waals surface area contributed by atoms with Crippen LogP contribution in [0, 0.1) is 0 Å². The van der Waals surface area contributed by atoms with Gasteiger partial charge in [-0.2, -0.15) is 0 Å². The van der Waals surface area contributed by atoms with Crippen LogP contribution >= 0.6 is 0 Å². The molecule has 1 heterocycles. The Kier molecular flexibility index (Phi) is 1.46. The Hall–Kier alpha value is -0.0800. The van der Waals surface area contributed by atoms with Gasteiger partial charge in [0.05, 0.1) is 11.7 Å². The zero-order valence-electron chi connectivity index (χ0n) is 6.43. The zero-order valence-corrected chi connectivity index (χ0v) is 6.43. The summed E-state index contributed by atoms with van der Waals surface area (Å²) in [5, 5.41) is 0. The number of hydrogen-bond acceptors (Lipinski definition) is 2. The second-order valence-corrected chi connectivity index (χ2v) is 3.38. The van der Waals surface area contributed by atoms with E-state index >= 15 is 0 Å². The summed E-state index contributed by atoms with van der Waals surface area (Å²) in [6, 6.07) is 0. The maximum atomic E-state index is 5.63. The van der Waals surface area contributed by atoms with E-state index in [-0.39, 0.29) is 5.60 Å². The van der Waals surface area contributed by atoms with Crippen molar-refractivity contribution >= 4 is 0 Å². The molecule has 1 aliphatic carbocycles. The van der Waals surface area contributed by atoms with E-state index in [2.05, 4.69) is 0 Å². The largest absolute Gasteiger partial charge is 0.381 e. The number of methoxy groups -OCH3 is 1. The molecule has 2 heteroatoms. The highest BCUT2D eigenvalue weighted by atomic mass is 16.5. The molecule has 0 radical (unpaired) electrons. The third kappa shape index (κ3) is 1.06. The van der Waals surface area contributed by atoms with Gasteiger partial charge in [-0.05, 0) is 19.3 Å². The molecule has 0 amide bonds. The first-order valence-electron chi connectivity index (χ1n) is 4.01. The van der Waals surface area contributed by atoms with Crippen LogP contribution < -0.4 is 0 Å². The van der Waals surface area contributed by atoms with Crippen molar-refractivity contribution in [3.63, 3.8) is 0 Å². The summed E-state index contributed by atoms with van der Waals surface area (Å²) in [6.07, 6.45) is 5.19. The van der Waals surface area contributed by atoms with Gasteiger partial charge in [-0.25, -0.2) is 0 Å². The molecule has 0 aromatic heterocycles. The second-order valence-electron chi connectivity index (χ2n) is 3.38. The van der Waals surface area contributed by atoms with Crippen molar-refractivity contribution in [3.8, 4) is 0 Å². The standard InChI is InChI=1S/C8H14O2/c1-9-7-2-5-10-8(6-7)3-4-8/h7H,2-6H2,1H3. The summed E-state index contributed by atoms with van der Waals surface area (Å²) in [4.78, 5) is 0. The predicted octanol–water partition coefficient (Wildman–Crippen LogP) is 1.34. The Labute approximate surface area is 61.5 Å². The van der Waals surface area contributed by atoms with Gasteiger partial charge in [0, 0.05) is 20.1 Å². The van der Waals surface area contributed by atoms with Gasteiger partial charge in [0.15, 0.2) is 0 Å². The molecular formula is C8H14O2. The third-order valence-electron chi connectivity index (χ3n) is 2.59. The van der Waals surface area contributed by atoms with Gasteiger partial charge in [0.1, 0.15) is 0 Å². The van der Waals surface area contributed by atoms with Crippen LogP contribution in [0.25, 0.3) is 0 Å². The molecule has 1 saturated carbocycles. The van der Waals surface area contributed by atoms with Crippen LogP contribution in [0.3, 0.4) is 0 Å². The summed E-state index contributed by atoms with van der Waals surface area (Å²) >= 11 is 0. The molecule has 1 aliphatic heterocycles. The Balaban J connectivity index is 1.91. The summed E-state index contributed by atoms with van der Waals surface area (Å²) in [5.74, 6) is 0. The topological polar surface area (TPSA) is 18.5 Å². The van der Waals surface area contributed by atoms with Crippen molar-refractivity contribution in [2.24, 2.45) is 0 Å². The fourth-order valence-corrected chi connectivity index (χ4v) is 1.67. The molecule has 2 aliphatic rings. The van der Waals surface area contributed by atoms with Crippen molar-refractivity contribution in [1.82, 2.24) is 0 Å². The van der Waals surface area contributed by atoms with E-state index in [1.54, 1.807) is 7.11 Å². The van der Waals surface area contributed by atoms with E-state index in [9.17, 15) is 0 Å². The molecule has 0 aromatic rings. The van der Waals surface area contributed by atoms with E-state index < -0.39 is 0 Å². The van der Waals surface area contributed by atoms with E-state index in [4.69, 9.17) is 9.47 Å². The Morgan fingerprint density at radius 2 is 2.30 bits per heavy atom. The van der Waals surface area contributed by atoms with E-state index in [0.29, 0.717) is 6.10 Å². The lowest BCUT2D eigenvalue weighted by Crippen LogP contribution is -2.31. The molecule has 1 unspecified atom stereocenters. The minimum atomic E-state index is 0.277. The van der Waals surface area contributed by atoms with Gasteiger partial charge in [-0.3, -0.25) is 0 Å². The highest BCUT2D eigenvalue weighted by Gasteiger charge is 2.47. The van der Waals surface area contributed by atoms with E-state index in [1.165, 1.54) is 12.8 Å². The van der Waals surface area contributed by atoms with Gasteiger partial charge < -0.3 is 9.47 Å². The van der Waals surface area contributed by atoms with Gasteiger partial charge in [0.2, 0.25) is 0 Å². The Bertz CT molecular complexity index is 129. The number of ether oxygens (including phenoxy) is 2. The molecule has 2 rings (SSSR count). The molecule has 10 heavy (non-hydrogen) atoms. The molecule has 2 nitrogen and oxygen atoms in total. The summed E-state index contributed by atoms with van der Waals surface area (Å²) in [5.41, 5.74) is 0.277. The first-order valence-corrected chi connectivity index (χ1v) is 4.01. The van der Waals surface area contributed by atoms with Gasteiger partial charge in [0.25, 0.3) is 0 Å². The third-order valence-corrected chi connectivity index (χ3v) is 2.59. The quantitative estimate of drug-likeness (QED) is 0.550. The van der Waals surface area contributed by atoms with Crippen molar-refractivity contribution in [1.29, 1.82) is 0 Å². The molecule has 1 saturated heterocycles. The summed E-state index contributed by atoms with van der Waals surface area (Å²) in [6.45, 7) is 0.901. The Morgan fingerprint density at radius 3 is 2.90 bits per heavy atom. The molecular weight excluding hydrogens is 128 g/mol. The normalized spacial score (nSPS) is 36.3. The molecule has 0 aromatic carbocycles.